The highest BCUT2D eigenvalue weighted by atomic mass is 32.2. The molecule has 5 N–H and O–H groups in total. The summed E-state index contributed by atoms with van der Waals surface area (Å²) in [6.07, 6.45) is 0. The molecule has 0 unspecified atom stereocenters. The molecular formula is C6H15N3OS. The number of aliphatic hydroxyl groups is 1. The second-order valence-corrected chi connectivity index (χ2v) is 3.86. The Kier molecular flexibility index (Phi) is 4.29. The van der Waals surface area contributed by atoms with Gasteiger partial charge in [-0.2, -0.15) is 0 Å². The number of guanidine groups is 1. The highest BCUT2D eigenvalue weighted by molar-refractivity contribution is 7.99. The van der Waals surface area contributed by atoms with Crippen LogP contribution in [0.25, 0.3) is 0 Å². The minimum absolute atomic E-state index is 0.0338. The van der Waals surface area contributed by atoms with Gasteiger partial charge in [0.1, 0.15) is 0 Å². The van der Waals surface area contributed by atoms with Crippen molar-refractivity contribution in [2.24, 2.45) is 5.73 Å². The van der Waals surface area contributed by atoms with Crippen LogP contribution in [0.1, 0.15) is 13.8 Å². The predicted molar refractivity (Wildman–Crippen MR) is 48.7 cm³/mol. The molecule has 0 aliphatic carbocycles. The van der Waals surface area contributed by atoms with Gasteiger partial charge in [0.05, 0.1) is 5.94 Å². The minimum Gasteiger partial charge on any atom is -0.386 e. The van der Waals surface area contributed by atoms with E-state index in [9.17, 15) is 0 Å². The molecule has 5 heteroatoms. The first kappa shape index (κ1) is 10.6. The summed E-state index contributed by atoms with van der Waals surface area (Å²) in [5, 5.41) is 18.3. The van der Waals surface area contributed by atoms with Crippen LogP contribution < -0.4 is 11.1 Å². The van der Waals surface area contributed by atoms with E-state index in [0.717, 1.165) is 5.75 Å². The Labute approximate surface area is 71.1 Å². The first-order valence-electron chi connectivity index (χ1n) is 3.29. The van der Waals surface area contributed by atoms with Crippen LogP contribution in [-0.4, -0.2) is 28.3 Å². The number of rotatable bonds is 4. The standard InChI is InChI=1S/C6H15N3OS/c1-6(2,3-11-4-10)9-5(7)8/h10H,3-4H2,1-2H3,(H4,7,8,9). The Morgan fingerprint density at radius 2 is 2.27 bits per heavy atom. The van der Waals surface area contributed by atoms with Crippen LogP contribution in [0.3, 0.4) is 0 Å². The molecule has 0 aliphatic rings. The van der Waals surface area contributed by atoms with Gasteiger partial charge in [-0.25, -0.2) is 0 Å². The minimum atomic E-state index is -0.223. The van der Waals surface area contributed by atoms with Crippen molar-refractivity contribution in [1.29, 1.82) is 5.41 Å². The van der Waals surface area contributed by atoms with Crippen molar-refractivity contribution in [1.82, 2.24) is 5.32 Å². The number of thioether (sulfide) groups is 1. The van der Waals surface area contributed by atoms with E-state index in [-0.39, 0.29) is 17.4 Å². The van der Waals surface area contributed by atoms with E-state index in [4.69, 9.17) is 16.2 Å². The molecule has 0 saturated carbocycles. The van der Waals surface area contributed by atoms with Crippen molar-refractivity contribution in [2.45, 2.75) is 19.4 Å². The van der Waals surface area contributed by atoms with Crippen molar-refractivity contribution in [3.63, 3.8) is 0 Å². The first-order chi connectivity index (χ1) is 4.98. The zero-order chi connectivity index (χ0) is 8.91. The van der Waals surface area contributed by atoms with E-state index in [1.54, 1.807) is 0 Å². The van der Waals surface area contributed by atoms with Gasteiger partial charge in [0, 0.05) is 11.3 Å². The fourth-order valence-electron chi connectivity index (χ4n) is 0.701. The largest absolute Gasteiger partial charge is 0.386 e. The maximum absolute atomic E-state index is 8.51. The second kappa shape index (κ2) is 4.46. The first-order valence-corrected chi connectivity index (χ1v) is 4.44. The molecule has 0 saturated heterocycles. The van der Waals surface area contributed by atoms with E-state index in [2.05, 4.69) is 5.32 Å². The van der Waals surface area contributed by atoms with Gasteiger partial charge in [-0.15, -0.1) is 11.8 Å². The van der Waals surface area contributed by atoms with Gasteiger partial charge in [0.2, 0.25) is 0 Å². The molecule has 66 valence electrons. The number of aliphatic hydroxyl groups excluding tert-OH is 1. The lowest BCUT2D eigenvalue weighted by atomic mass is 10.1. The second-order valence-electron chi connectivity index (χ2n) is 2.90. The van der Waals surface area contributed by atoms with Gasteiger partial charge >= 0.3 is 0 Å². The summed E-state index contributed by atoms with van der Waals surface area (Å²) in [6, 6.07) is 0. The van der Waals surface area contributed by atoms with Crippen LogP contribution in [0.5, 0.6) is 0 Å². The Morgan fingerprint density at radius 3 is 2.64 bits per heavy atom. The molecule has 0 amide bonds. The van der Waals surface area contributed by atoms with Crippen LogP contribution in [0.2, 0.25) is 0 Å². The summed E-state index contributed by atoms with van der Waals surface area (Å²) in [5.41, 5.74) is 4.93. The van der Waals surface area contributed by atoms with Crippen LogP contribution >= 0.6 is 11.8 Å². The van der Waals surface area contributed by atoms with Gasteiger partial charge in [0.15, 0.2) is 5.96 Å². The van der Waals surface area contributed by atoms with Crippen molar-refractivity contribution < 1.29 is 5.11 Å². The maximum Gasteiger partial charge on any atom is 0.186 e. The van der Waals surface area contributed by atoms with E-state index in [1.807, 2.05) is 13.8 Å². The molecule has 0 fully saturated rings. The van der Waals surface area contributed by atoms with Crippen LogP contribution in [0.4, 0.5) is 0 Å². The van der Waals surface area contributed by atoms with Gasteiger partial charge in [-0.3, -0.25) is 5.41 Å². The van der Waals surface area contributed by atoms with E-state index >= 15 is 0 Å². The SMILES string of the molecule is CC(C)(CSCO)NC(=N)N. The molecule has 0 bridgehead atoms. The lowest BCUT2D eigenvalue weighted by Crippen LogP contribution is -2.48. The third-order valence-electron chi connectivity index (χ3n) is 1.03. The highest BCUT2D eigenvalue weighted by Gasteiger charge is 2.16. The fourth-order valence-corrected chi connectivity index (χ4v) is 1.38. The molecule has 0 rings (SSSR count). The highest BCUT2D eigenvalue weighted by Crippen LogP contribution is 2.10. The van der Waals surface area contributed by atoms with Crippen LogP contribution in [0, 0.1) is 5.41 Å². The van der Waals surface area contributed by atoms with Crippen molar-refractivity contribution in [3.05, 3.63) is 0 Å². The van der Waals surface area contributed by atoms with Gasteiger partial charge in [0.25, 0.3) is 0 Å². The lowest BCUT2D eigenvalue weighted by Gasteiger charge is -2.25. The van der Waals surface area contributed by atoms with Crippen molar-refractivity contribution >= 4 is 17.7 Å². The molecule has 4 nitrogen and oxygen atoms in total. The molecule has 0 radical (unpaired) electrons. The maximum atomic E-state index is 8.51. The van der Waals surface area contributed by atoms with Gasteiger partial charge < -0.3 is 16.2 Å². The van der Waals surface area contributed by atoms with E-state index in [1.165, 1.54) is 11.8 Å². The van der Waals surface area contributed by atoms with Crippen LogP contribution in [0.15, 0.2) is 0 Å². The summed E-state index contributed by atoms with van der Waals surface area (Å²) in [5.74, 6) is 0.792. The van der Waals surface area contributed by atoms with Crippen molar-refractivity contribution in [3.8, 4) is 0 Å². The predicted octanol–water partition coefficient (Wildman–Crippen LogP) is -0.0689. The summed E-state index contributed by atoms with van der Waals surface area (Å²) in [4.78, 5) is 0. The zero-order valence-corrected chi connectivity index (χ0v) is 7.66. The number of nitrogens with one attached hydrogen (secondary N) is 2. The molecule has 0 heterocycles. The monoisotopic (exact) mass is 177 g/mol. The topological polar surface area (TPSA) is 82.1 Å². The molecule has 0 spiro atoms. The quantitative estimate of drug-likeness (QED) is 0.275. The number of hydrogen-bond acceptors (Lipinski definition) is 3. The molecule has 0 aromatic heterocycles. The van der Waals surface area contributed by atoms with Crippen LogP contribution in [-0.2, 0) is 0 Å². The average molecular weight is 177 g/mol. The summed E-state index contributed by atoms with van der Waals surface area (Å²) in [6.45, 7) is 3.86. The molecule has 11 heavy (non-hydrogen) atoms. The molecule has 0 atom stereocenters. The Morgan fingerprint density at radius 1 is 1.73 bits per heavy atom. The molecule has 0 aromatic carbocycles. The molecular weight excluding hydrogens is 162 g/mol. The fraction of sp³-hybridized carbons (Fsp3) is 0.833. The Bertz CT molecular complexity index is 138. The molecule has 0 aromatic rings. The van der Waals surface area contributed by atoms with E-state index < -0.39 is 0 Å². The number of nitrogens with two attached hydrogens (primary N) is 1. The third kappa shape index (κ3) is 6.00. The van der Waals surface area contributed by atoms with Crippen molar-refractivity contribution in [2.75, 3.05) is 11.7 Å². The summed E-state index contributed by atoms with van der Waals surface area (Å²) in [7, 11) is 0. The van der Waals surface area contributed by atoms with Gasteiger partial charge in [-0.1, -0.05) is 0 Å². The zero-order valence-electron chi connectivity index (χ0n) is 6.85. The normalized spacial score (nSPS) is 11.2. The lowest BCUT2D eigenvalue weighted by molar-refractivity contribution is 0.373. The Balaban J connectivity index is 3.70. The average Bonchev–Trinajstić information content (AvgIpc) is 1.81. The Hall–Kier alpha value is -0.420. The summed E-state index contributed by atoms with van der Waals surface area (Å²) >= 11 is 1.40. The van der Waals surface area contributed by atoms with E-state index in [0.29, 0.717) is 0 Å². The third-order valence-corrected chi connectivity index (χ3v) is 2.14. The number of hydrogen-bond donors (Lipinski definition) is 4. The molecule has 0 aliphatic heterocycles. The van der Waals surface area contributed by atoms with Gasteiger partial charge in [-0.05, 0) is 13.8 Å². The smallest absolute Gasteiger partial charge is 0.186 e. The summed E-state index contributed by atoms with van der Waals surface area (Å²) < 4.78 is 0.